The normalized spacial score (nSPS) is 11.2. The lowest BCUT2D eigenvalue weighted by Gasteiger charge is -2.10. The fourth-order valence-electron chi connectivity index (χ4n) is 4.00. The van der Waals surface area contributed by atoms with E-state index in [1.54, 1.807) is 13.4 Å². The van der Waals surface area contributed by atoms with Crippen molar-refractivity contribution in [3.8, 4) is 29.6 Å². The average molecular weight is 547 g/mol. The van der Waals surface area contributed by atoms with Gasteiger partial charge in [-0.05, 0) is 54.1 Å². The molecule has 0 radical (unpaired) electrons. The summed E-state index contributed by atoms with van der Waals surface area (Å²) in [5.41, 5.74) is 9.04. The highest BCUT2D eigenvalue weighted by molar-refractivity contribution is 9.10. The van der Waals surface area contributed by atoms with E-state index in [4.69, 9.17) is 26.9 Å². The first-order valence-electron chi connectivity index (χ1n) is 11.1. The average Bonchev–Trinajstić information content (AvgIpc) is 3.46. The summed E-state index contributed by atoms with van der Waals surface area (Å²) in [7, 11) is 1.67. The number of halogens is 1. The Morgan fingerprint density at radius 3 is 2.74 bits per heavy atom. The van der Waals surface area contributed by atoms with Gasteiger partial charge < -0.3 is 19.6 Å². The van der Waals surface area contributed by atoms with E-state index in [9.17, 15) is 0 Å². The van der Waals surface area contributed by atoms with E-state index in [1.807, 2.05) is 16.7 Å². The van der Waals surface area contributed by atoms with Crippen LogP contribution >= 0.6 is 27.7 Å². The third-order valence-electron chi connectivity index (χ3n) is 5.70. The lowest BCUT2D eigenvalue weighted by atomic mass is 10.2. The number of methoxy groups -OCH3 is 1. The molecule has 0 atom stereocenters. The fourth-order valence-corrected chi connectivity index (χ4v) is 5.61. The van der Waals surface area contributed by atoms with Crippen LogP contribution in [0.2, 0.25) is 0 Å². The van der Waals surface area contributed by atoms with Gasteiger partial charge in [-0.2, -0.15) is 0 Å². The largest absolute Gasteiger partial charge is 0.497 e. The topological polar surface area (TPSA) is 83.8 Å². The number of rotatable bonds is 8. The number of fused-ring (bicyclic) bond motifs is 2. The molecule has 0 saturated carbocycles. The van der Waals surface area contributed by atoms with E-state index in [0.29, 0.717) is 29.6 Å². The van der Waals surface area contributed by atoms with Crippen molar-refractivity contribution in [3.05, 3.63) is 65.0 Å². The number of hydrogen-bond acceptors (Lipinski definition) is 6. The van der Waals surface area contributed by atoms with Crippen molar-refractivity contribution >= 4 is 44.4 Å². The first-order valence-corrected chi connectivity index (χ1v) is 12.7. The number of anilines is 1. The molecular weight excluding hydrogens is 524 g/mol. The van der Waals surface area contributed by atoms with Gasteiger partial charge in [-0.3, -0.25) is 0 Å². The molecule has 7 nitrogen and oxygen atoms in total. The number of unbranched alkanes of at least 4 members (excludes halogenated alkanes) is 1. The van der Waals surface area contributed by atoms with Gasteiger partial charge in [0, 0.05) is 40.5 Å². The van der Waals surface area contributed by atoms with E-state index in [0.717, 1.165) is 44.8 Å². The maximum absolute atomic E-state index is 6.13. The van der Waals surface area contributed by atoms with E-state index in [2.05, 4.69) is 67.9 Å². The molecule has 0 fully saturated rings. The van der Waals surface area contributed by atoms with Crippen LogP contribution in [-0.4, -0.2) is 31.2 Å². The van der Waals surface area contributed by atoms with Crippen molar-refractivity contribution in [2.45, 2.75) is 36.0 Å². The number of nitrogens with zero attached hydrogens (tertiary/aromatic N) is 5. The number of ether oxygens (including phenoxy) is 1. The van der Waals surface area contributed by atoms with Crippen molar-refractivity contribution in [1.82, 2.24) is 24.1 Å². The van der Waals surface area contributed by atoms with Crippen LogP contribution in [0.15, 0.2) is 69.5 Å². The van der Waals surface area contributed by atoms with Crippen LogP contribution in [0.3, 0.4) is 0 Å². The van der Waals surface area contributed by atoms with Gasteiger partial charge >= 0.3 is 0 Å². The molecule has 2 N–H and O–H groups in total. The second-order valence-corrected chi connectivity index (χ2v) is 9.97. The number of benzene rings is 2. The van der Waals surface area contributed by atoms with Gasteiger partial charge in [0.05, 0.1) is 19.0 Å². The second-order valence-electron chi connectivity index (χ2n) is 8.04. The van der Waals surface area contributed by atoms with Crippen LogP contribution in [0, 0.1) is 12.3 Å². The number of terminal acetylenes is 1. The molecule has 2 aliphatic rings. The van der Waals surface area contributed by atoms with Gasteiger partial charge in [-0.15, -0.1) is 12.3 Å². The minimum Gasteiger partial charge on any atom is -0.497 e. The van der Waals surface area contributed by atoms with Gasteiger partial charge in [0.1, 0.15) is 5.75 Å². The summed E-state index contributed by atoms with van der Waals surface area (Å²) in [5.74, 6) is 4.61. The Bertz CT molecular complexity index is 1500. The highest BCUT2D eigenvalue weighted by Crippen LogP contribution is 2.38. The minimum atomic E-state index is 0.370. The second kappa shape index (κ2) is 10.0. The van der Waals surface area contributed by atoms with E-state index in [-0.39, 0.29) is 0 Å². The molecule has 0 unspecified atom stereocenters. The quantitative estimate of drug-likeness (QED) is 0.198. The van der Waals surface area contributed by atoms with Crippen LogP contribution < -0.4 is 10.5 Å². The molecule has 0 bridgehead atoms. The number of imidazole rings is 1. The first-order chi connectivity index (χ1) is 17.1. The molecule has 0 saturated heterocycles. The van der Waals surface area contributed by atoms with Crippen molar-refractivity contribution in [2.24, 2.45) is 0 Å². The Hall–Kier alpha value is -3.48. The molecule has 0 spiro atoms. The summed E-state index contributed by atoms with van der Waals surface area (Å²) < 4.78 is 10.5. The Morgan fingerprint density at radius 1 is 1.14 bits per heavy atom. The van der Waals surface area contributed by atoms with Crippen molar-refractivity contribution < 1.29 is 4.74 Å². The fraction of sp³-hybridized carbons (Fsp3) is 0.192. The molecule has 0 amide bonds. The number of nitrogen functional groups attached to an aromatic ring is 1. The minimum absolute atomic E-state index is 0.370. The van der Waals surface area contributed by atoms with Crippen LogP contribution in [-0.2, 0) is 13.1 Å². The maximum atomic E-state index is 6.13. The van der Waals surface area contributed by atoms with Crippen molar-refractivity contribution in [3.63, 3.8) is 0 Å². The van der Waals surface area contributed by atoms with Crippen LogP contribution in [0.5, 0.6) is 5.75 Å². The number of hydrogen-bond donors (Lipinski definition) is 1. The molecule has 9 heteroatoms. The Morgan fingerprint density at radius 2 is 1.97 bits per heavy atom. The highest BCUT2D eigenvalue weighted by Gasteiger charge is 2.20. The molecule has 2 aromatic carbocycles. The van der Waals surface area contributed by atoms with E-state index >= 15 is 0 Å². The van der Waals surface area contributed by atoms with Gasteiger partial charge in [0.2, 0.25) is 0 Å². The SMILES string of the molecule is C#CCCCn1cnc(N)c2nc(Sc3cc(Br)cc4ccn(Cc5ccc(OC)cc5)c34)nc1-2. The smallest absolute Gasteiger partial charge is 0.195 e. The van der Waals surface area contributed by atoms with Crippen LogP contribution in [0.4, 0.5) is 5.82 Å². The van der Waals surface area contributed by atoms with Crippen LogP contribution in [0.25, 0.3) is 22.4 Å². The monoisotopic (exact) mass is 546 g/mol. The highest BCUT2D eigenvalue weighted by atomic mass is 79.9. The number of aryl methyl sites for hydroxylation is 1. The van der Waals surface area contributed by atoms with Gasteiger partial charge in [0.25, 0.3) is 0 Å². The zero-order valence-electron chi connectivity index (χ0n) is 19.1. The molecule has 3 aromatic rings. The summed E-state index contributed by atoms with van der Waals surface area (Å²) >= 11 is 5.17. The Labute approximate surface area is 216 Å². The lowest BCUT2D eigenvalue weighted by Crippen LogP contribution is -2.08. The van der Waals surface area contributed by atoms with Crippen LogP contribution in [0.1, 0.15) is 18.4 Å². The summed E-state index contributed by atoms with van der Waals surface area (Å²) in [6.45, 7) is 1.45. The molecule has 1 aromatic heterocycles. The predicted molar refractivity (Wildman–Crippen MR) is 143 cm³/mol. The summed E-state index contributed by atoms with van der Waals surface area (Å²) in [4.78, 5) is 14.9. The standard InChI is InChI=1S/C26H23BrN6OS/c1-3-4-5-11-33-16-29-24(28)22-25(33)31-26(30-22)35-21-14-19(27)13-18-10-12-32(23(18)21)15-17-6-8-20(34-2)9-7-17/h1,6-10,12-14,16H,4-5,11,15,28H2,2H3. The third kappa shape index (κ3) is 4.85. The summed E-state index contributed by atoms with van der Waals surface area (Å²) in [6.07, 6.45) is 10.7. The van der Waals surface area contributed by atoms with Crippen molar-refractivity contribution in [1.29, 1.82) is 0 Å². The molecular formula is C26H23BrN6OS. The molecule has 5 rings (SSSR count). The molecule has 176 valence electrons. The number of aromatic nitrogens is 5. The van der Waals surface area contributed by atoms with E-state index in [1.165, 1.54) is 17.3 Å². The zero-order valence-corrected chi connectivity index (χ0v) is 21.5. The molecule has 2 aliphatic heterocycles. The Balaban J connectivity index is 1.50. The summed E-state index contributed by atoms with van der Waals surface area (Å²) in [5, 5.41) is 1.76. The van der Waals surface area contributed by atoms with E-state index < -0.39 is 0 Å². The lowest BCUT2D eigenvalue weighted by molar-refractivity contribution is 0.414. The third-order valence-corrected chi connectivity index (χ3v) is 7.05. The molecule has 35 heavy (non-hydrogen) atoms. The van der Waals surface area contributed by atoms with Gasteiger partial charge in [0.15, 0.2) is 22.5 Å². The first kappa shape index (κ1) is 23.3. The zero-order chi connectivity index (χ0) is 24.4. The Kier molecular flexibility index (Phi) is 6.66. The maximum Gasteiger partial charge on any atom is 0.195 e. The number of nitrogens with two attached hydrogens (primary N) is 1. The summed E-state index contributed by atoms with van der Waals surface area (Å²) in [6, 6.07) is 14.5. The molecule has 0 aliphatic carbocycles. The molecule has 3 heterocycles. The van der Waals surface area contributed by atoms with Gasteiger partial charge in [-0.1, -0.05) is 28.1 Å². The predicted octanol–water partition coefficient (Wildman–Crippen LogP) is 5.70. The van der Waals surface area contributed by atoms with Crippen molar-refractivity contribution in [2.75, 3.05) is 12.8 Å². The van der Waals surface area contributed by atoms with Gasteiger partial charge in [-0.25, -0.2) is 15.0 Å².